The Balaban J connectivity index is 0.00000108. The largest absolute Gasteiger partial charge is 0.381 e. The molecule has 0 spiro atoms. The van der Waals surface area contributed by atoms with E-state index in [0.29, 0.717) is 5.92 Å². The molecule has 94 valence electrons. The molecule has 0 unspecified atom stereocenters. The first-order chi connectivity index (χ1) is 7.95. The van der Waals surface area contributed by atoms with Gasteiger partial charge in [-0.25, -0.2) is 4.98 Å². The average molecular weight is 256 g/mol. The highest BCUT2D eigenvalue weighted by atomic mass is 35.5. The summed E-state index contributed by atoms with van der Waals surface area (Å²) < 4.78 is 5.40. The summed E-state index contributed by atoms with van der Waals surface area (Å²) in [6.45, 7) is 3.99. The minimum atomic E-state index is 0. The van der Waals surface area contributed by atoms with Crippen molar-refractivity contribution in [2.45, 2.75) is 25.2 Å². The molecule has 2 aliphatic rings. The monoisotopic (exact) mass is 255 g/mol. The van der Waals surface area contributed by atoms with Crippen LogP contribution in [-0.2, 0) is 4.74 Å². The average Bonchev–Trinajstić information content (AvgIpc) is 2.29. The highest BCUT2D eigenvalue weighted by Gasteiger charge is 2.25. The van der Waals surface area contributed by atoms with E-state index in [4.69, 9.17) is 4.74 Å². The maximum Gasteiger partial charge on any atom is 0.150 e. The Hall–Kier alpha value is -0.870. The Morgan fingerprint density at radius 2 is 1.82 bits per heavy atom. The summed E-state index contributed by atoms with van der Waals surface area (Å²) in [4.78, 5) is 11.4. The molecule has 4 nitrogen and oxygen atoms in total. The maximum atomic E-state index is 5.40. The highest BCUT2D eigenvalue weighted by molar-refractivity contribution is 5.85. The zero-order chi connectivity index (χ0) is 10.8. The minimum absolute atomic E-state index is 0. The van der Waals surface area contributed by atoms with Gasteiger partial charge in [0.15, 0.2) is 5.82 Å². The number of hydrogen-bond acceptors (Lipinski definition) is 4. The first-order valence-electron chi connectivity index (χ1n) is 6.09. The van der Waals surface area contributed by atoms with Gasteiger partial charge in [-0.3, -0.25) is 4.98 Å². The lowest BCUT2D eigenvalue weighted by atomic mass is 9.95. The Kier molecular flexibility index (Phi) is 4.18. The van der Waals surface area contributed by atoms with Crippen LogP contribution in [0.4, 0.5) is 5.82 Å². The van der Waals surface area contributed by atoms with Gasteiger partial charge in [-0.05, 0) is 19.3 Å². The van der Waals surface area contributed by atoms with Gasteiger partial charge in [0.2, 0.25) is 0 Å². The highest BCUT2D eigenvalue weighted by Crippen LogP contribution is 2.32. The fourth-order valence-corrected chi connectivity index (χ4v) is 2.37. The maximum absolute atomic E-state index is 5.40. The SMILES string of the molecule is Cl.c1cnc(N2CCC2)c(C2CCOCC2)n1. The topological polar surface area (TPSA) is 38.2 Å². The van der Waals surface area contributed by atoms with Crippen molar-refractivity contribution >= 4 is 18.2 Å². The van der Waals surface area contributed by atoms with Crippen LogP contribution in [0.5, 0.6) is 0 Å². The number of anilines is 1. The van der Waals surface area contributed by atoms with E-state index < -0.39 is 0 Å². The molecule has 0 saturated carbocycles. The summed E-state index contributed by atoms with van der Waals surface area (Å²) >= 11 is 0. The third-order valence-corrected chi connectivity index (χ3v) is 3.47. The molecule has 1 aromatic rings. The van der Waals surface area contributed by atoms with Crippen LogP contribution < -0.4 is 4.90 Å². The van der Waals surface area contributed by atoms with Gasteiger partial charge in [0.1, 0.15) is 0 Å². The molecule has 0 N–H and O–H groups in total. The Morgan fingerprint density at radius 3 is 2.47 bits per heavy atom. The second-order valence-corrected chi connectivity index (χ2v) is 4.49. The molecule has 2 saturated heterocycles. The Morgan fingerprint density at radius 1 is 1.12 bits per heavy atom. The molecule has 0 radical (unpaired) electrons. The summed E-state index contributed by atoms with van der Waals surface area (Å²) in [5, 5.41) is 0. The van der Waals surface area contributed by atoms with Crippen molar-refractivity contribution in [1.82, 2.24) is 9.97 Å². The van der Waals surface area contributed by atoms with Gasteiger partial charge in [0.05, 0.1) is 5.69 Å². The molecule has 2 fully saturated rings. The van der Waals surface area contributed by atoms with Crippen molar-refractivity contribution in [3.05, 3.63) is 18.1 Å². The number of halogens is 1. The van der Waals surface area contributed by atoms with E-state index in [0.717, 1.165) is 45.0 Å². The molecule has 0 atom stereocenters. The standard InChI is InChI=1S/C12H17N3O.ClH/c1-6-15(7-1)12-11(13-4-5-14-12)10-2-8-16-9-3-10;/h4-5,10H,1-3,6-9H2;1H. The lowest BCUT2D eigenvalue weighted by Gasteiger charge is -2.34. The van der Waals surface area contributed by atoms with E-state index in [1.807, 2.05) is 6.20 Å². The number of aromatic nitrogens is 2. The van der Waals surface area contributed by atoms with Crippen LogP contribution >= 0.6 is 12.4 Å². The normalized spacial score (nSPS) is 20.6. The number of nitrogens with zero attached hydrogens (tertiary/aromatic N) is 3. The van der Waals surface area contributed by atoms with Crippen LogP contribution in [0.2, 0.25) is 0 Å². The second kappa shape index (κ2) is 5.65. The van der Waals surface area contributed by atoms with E-state index >= 15 is 0 Å². The van der Waals surface area contributed by atoms with Crippen LogP contribution in [0.1, 0.15) is 30.9 Å². The van der Waals surface area contributed by atoms with Gasteiger partial charge in [0, 0.05) is 44.6 Å². The molecule has 0 aliphatic carbocycles. The molecular formula is C12H18ClN3O. The summed E-state index contributed by atoms with van der Waals surface area (Å²) in [6, 6.07) is 0. The molecule has 3 rings (SSSR count). The summed E-state index contributed by atoms with van der Waals surface area (Å²) in [5.41, 5.74) is 1.19. The summed E-state index contributed by atoms with van der Waals surface area (Å²) in [6.07, 6.45) is 7.06. The number of hydrogen-bond donors (Lipinski definition) is 0. The summed E-state index contributed by atoms with van der Waals surface area (Å²) in [7, 11) is 0. The zero-order valence-electron chi connectivity index (χ0n) is 9.84. The zero-order valence-corrected chi connectivity index (χ0v) is 10.7. The van der Waals surface area contributed by atoms with Crippen LogP contribution in [0, 0.1) is 0 Å². The van der Waals surface area contributed by atoms with E-state index in [2.05, 4.69) is 14.9 Å². The van der Waals surface area contributed by atoms with Crippen molar-refractivity contribution in [2.75, 3.05) is 31.2 Å². The van der Waals surface area contributed by atoms with Gasteiger partial charge in [-0.2, -0.15) is 0 Å². The third kappa shape index (κ3) is 2.53. The van der Waals surface area contributed by atoms with E-state index in [9.17, 15) is 0 Å². The van der Waals surface area contributed by atoms with E-state index in [1.54, 1.807) is 6.20 Å². The molecule has 1 aromatic heterocycles. The molecule has 0 aromatic carbocycles. The Labute approximate surface area is 108 Å². The molecule has 5 heteroatoms. The predicted octanol–water partition coefficient (Wildman–Crippen LogP) is 2.00. The predicted molar refractivity (Wildman–Crippen MR) is 68.9 cm³/mol. The summed E-state index contributed by atoms with van der Waals surface area (Å²) in [5.74, 6) is 1.65. The second-order valence-electron chi connectivity index (χ2n) is 4.49. The smallest absolute Gasteiger partial charge is 0.150 e. The van der Waals surface area contributed by atoms with Crippen molar-refractivity contribution in [3.8, 4) is 0 Å². The lowest BCUT2D eigenvalue weighted by Crippen LogP contribution is -2.39. The van der Waals surface area contributed by atoms with E-state index in [-0.39, 0.29) is 12.4 Å². The van der Waals surface area contributed by atoms with Gasteiger partial charge in [-0.1, -0.05) is 0 Å². The molecule has 17 heavy (non-hydrogen) atoms. The third-order valence-electron chi connectivity index (χ3n) is 3.47. The van der Waals surface area contributed by atoms with Crippen molar-refractivity contribution in [1.29, 1.82) is 0 Å². The fraction of sp³-hybridized carbons (Fsp3) is 0.667. The van der Waals surface area contributed by atoms with Crippen LogP contribution in [0.15, 0.2) is 12.4 Å². The fourth-order valence-electron chi connectivity index (χ4n) is 2.37. The van der Waals surface area contributed by atoms with E-state index in [1.165, 1.54) is 12.1 Å². The minimum Gasteiger partial charge on any atom is -0.381 e. The van der Waals surface area contributed by atoms with Crippen molar-refractivity contribution < 1.29 is 4.74 Å². The van der Waals surface area contributed by atoms with Crippen molar-refractivity contribution in [2.24, 2.45) is 0 Å². The molecular weight excluding hydrogens is 238 g/mol. The molecule has 2 aliphatic heterocycles. The Bertz CT molecular complexity index is 365. The first-order valence-corrected chi connectivity index (χ1v) is 6.09. The van der Waals surface area contributed by atoms with Crippen molar-refractivity contribution in [3.63, 3.8) is 0 Å². The first kappa shape index (κ1) is 12.6. The number of rotatable bonds is 2. The lowest BCUT2D eigenvalue weighted by molar-refractivity contribution is 0.0845. The molecule has 0 amide bonds. The quantitative estimate of drug-likeness (QED) is 0.810. The van der Waals surface area contributed by atoms with Gasteiger partial charge in [0.25, 0.3) is 0 Å². The van der Waals surface area contributed by atoms with Gasteiger partial charge in [-0.15, -0.1) is 12.4 Å². The van der Waals surface area contributed by atoms with Crippen LogP contribution in [-0.4, -0.2) is 36.3 Å². The number of ether oxygens (including phenoxy) is 1. The van der Waals surface area contributed by atoms with Gasteiger partial charge < -0.3 is 9.64 Å². The molecule has 3 heterocycles. The van der Waals surface area contributed by atoms with Crippen LogP contribution in [0.25, 0.3) is 0 Å². The van der Waals surface area contributed by atoms with Crippen LogP contribution in [0.3, 0.4) is 0 Å². The van der Waals surface area contributed by atoms with Gasteiger partial charge >= 0.3 is 0 Å². The molecule has 0 bridgehead atoms.